The molecule has 1 atom stereocenters. The molecule has 0 bridgehead atoms. The lowest BCUT2D eigenvalue weighted by Gasteiger charge is -2.29. The summed E-state index contributed by atoms with van der Waals surface area (Å²) in [6.07, 6.45) is 0.977. The maximum absolute atomic E-state index is 6.04. The molecule has 0 fully saturated rings. The van der Waals surface area contributed by atoms with Crippen LogP contribution in [-0.4, -0.2) is 12.1 Å². The van der Waals surface area contributed by atoms with E-state index >= 15 is 0 Å². The van der Waals surface area contributed by atoms with Gasteiger partial charge in [0.1, 0.15) is 0 Å². The van der Waals surface area contributed by atoms with E-state index in [1.54, 1.807) is 0 Å². The molecule has 0 aromatic heterocycles. The van der Waals surface area contributed by atoms with Crippen LogP contribution in [0, 0.1) is 6.92 Å². The van der Waals surface area contributed by atoms with Crippen molar-refractivity contribution in [3.8, 4) is 0 Å². The molecule has 0 saturated heterocycles. The van der Waals surface area contributed by atoms with Gasteiger partial charge in [-0.25, -0.2) is 0 Å². The molecule has 1 rings (SSSR count). The third-order valence-corrected chi connectivity index (χ3v) is 2.98. The number of benzene rings is 1. The van der Waals surface area contributed by atoms with Gasteiger partial charge in [-0.1, -0.05) is 36.8 Å². The molecule has 0 aliphatic heterocycles. The summed E-state index contributed by atoms with van der Waals surface area (Å²) in [7, 11) is 0. The lowest BCUT2D eigenvalue weighted by molar-refractivity contribution is -0.0713. The Morgan fingerprint density at radius 3 is 2.25 bits per heavy atom. The topological polar surface area (TPSA) is 35.2 Å². The second-order valence-corrected chi connectivity index (χ2v) is 4.87. The molecular weight excluding hydrogens is 198 g/mol. The molecule has 2 heteroatoms. The zero-order valence-corrected chi connectivity index (χ0v) is 10.8. The average molecular weight is 221 g/mol. The third kappa shape index (κ3) is 3.62. The molecule has 1 aromatic rings. The predicted octanol–water partition coefficient (Wildman–Crippen LogP) is 3.20. The zero-order valence-electron chi connectivity index (χ0n) is 10.8. The van der Waals surface area contributed by atoms with E-state index in [1.165, 1.54) is 5.56 Å². The molecule has 2 nitrogen and oxygen atoms in total. The maximum atomic E-state index is 6.04. The van der Waals surface area contributed by atoms with Crippen molar-refractivity contribution in [1.29, 1.82) is 0 Å². The highest BCUT2D eigenvalue weighted by atomic mass is 16.5. The van der Waals surface area contributed by atoms with Gasteiger partial charge in [0, 0.05) is 6.54 Å². The summed E-state index contributed by atoms with van der Waals surface area (Å²) in [5, 5.41) is 0. The Bertz CT molecular complexity index is 316. The summed E-state index contributed by atoms with van der Waals surface area (Å²) in [4.78, 5) is 0. The monoisotopic (exact) mass is 221 g/mol. The standard InChI is InChI=1S/C14H23NO/c1-5-14(3,4)16-13(10-15)12-8-6-11(2)7-9-12/h6-9,13H,5,10,15H2,1-4H3. The number of hydrogen-bond acceptors (Lipinski definition) is 2. The average Bonchev–Trinajstić information content (AvgIpc) is 2.27. The van der Waals surface area contributed by atoms with Crippen LogP contribution >= 0.6 is 0 Å². The van der Waals surface area contributed by atoms with Crippen LogP contribution in [-0.2, 0) is 4.74 Å². The molecule has 16 heavy (non-hydrogen) atoms. The van der Waals surface area contributed by atoms with Crippen LogP contribution in [0.25, 0.3) is 0 Å². The van der Waals surface area contributed by atoms with Crippen molar-refractivity contribution < 1.29 is 4.74 Å². The van der Waals surface area contributed by atoms with Crippen LogP contribution in [0.4, 0.5) is 0 Å². The number of aryl methyl sites for hydroxylation is 1. The Balaban J connectivity index is 2.78. The van der Waals surface area contributed by atoms with E-state index in [9.17, 15) is 0 Å². The quantitative estimate of drug-likeness (QED) is 0.828. The first-order valence-corrected chi connectivity index (χ1v) is 5.93. The van der Waals surface area contributed by atoms with Crippen molar-refractivity contribution >= 4 is 0 Å². The van der Waals surface area contributed by atoms with Gasteiger partial charge in [0.05, 0.1) is 11.7 Å². The molecule has 0 aliphatic rings. The highest BCUT2D eigenvalue weighted by molar-refractivity contribution is 5.23. The molecule has 2 N–H and O–H groups in total. The Morgan fingerprint density at radius 2 is 1.81 bits per heavy atom. The fourth-order valence-corrected chi connectivity index (χ4v) is 1.50. The van der Waals surface area contributed by atoms with E-state index in [-0.39, 0.29) is 11.7 Å². The first-order valence-electron chi connectivity index (χ1n) is 5.93. The van der Waals surface area contributed by atoms with Gasteiger partial charge in [-0.3, -0.25) is 0 Å². The molecule has 0 spiro atoms. The van der Waals surface area contributed by atoms with Gasteiger partial charge < -0.3 is 10.5 Å². The Kier molecular flexibility index (Phi) is 4.51. The molecule has 1 aromatic carbocycles. The molecule has 0 radical (unpaired) electrons. The second kappa shape index (κ2) is 5.46. The van der Waals surface area contributed by atoms with E-state index in [1.807, 2.05) is 0 Å². The van der Waals surface area contributed by atoms with Crippen molar-refractivity contribution in [3.63, 3.8) is 0 Å². The summed E-state index contributed by atoms with van der Waals surface area (Å²) >= 11 is 0. The number of nitrogens with two attached hydrogens (primary N) is 1. The van der Waals surface area contributed by atoms with Gasteiger partial charge in [0.15, 0.2) is 0 Å². The maximum Gasteiger partial charge on any atom is 0.0954 e. The summed E-state index contributed by atoms with van der Waals surface area (Å²) in [5.74, 6) is 0. The smallest absolute Gasteiger partial charge is 0.0954 e. The number of ether oxygens (including phenoxy) is 1. The van der Waals surface area contributed by atoms with Crippen molar-refractivity contribution in [2.45, 2.75) is 45.8 Å². The fourth-order valence-electron chi connectivity index (χ4n) is 1.50. The van der Waals surface area contributed by atoms with Gasteiger partial charge in [0.2, 0.25) is 0 Å². The predicted molar refractivity (Wildman–Crippen MR) is 68.4 cm³/mol. The van der Waals surface area contributed by atoms with Crippen molar-refractivity contribution in [3.05, 3.63) is 35.4 Å². The third-order valence-electron chi connectivity index (χ3n) is 2.98. The minimum Gasteiger partial charge on any atom is -0.366 e. The zero-order chi connectivity index (χ0) is 12.2. The summed E-state index contributed by atoms with van der Waals surface area (Å²) < 4.78 is 6.04. The molecule has 0 heterocycles. The second-order valence-electron chi connectivity index (χ2n) is 4.87. The molecule has 0 aliphatic carbocycles. The highest BCUT2D eigenvalue weighted by Gasteiger charge is 2.21. The van der Waals surface area contributed by atoms with Crippen LogP contribution in [0.1, 0.15) is 44.4 Å². The van der Waals surface area contributed by atoms with Crippen molar-refractivity contribution in [1.82, 2.24) is 0 Å². The molecule has 0 saturated carbocycles. The Morgan fingerprint density at radius 1 is 1.25 bits per heavy atom. The fraction of sp³-hybridized carbons (Fsp3) is 0.571. The Hall–Kier alpha value is -0.860. The van der Waals surface area contributed by atoms with E-state index in [2.05, 4.69) is 52.0 Å². The minimum absolute atomic E-state index is 0.00412. The van der Waals surface area contributed by atoms with E-state index in [4.69, 9.17) is 10.5 Å². The Labute approximate surface area is 98.8 Å². The number of hydrogen-bond donors (Lipinski definition) is 1. The summed E-state index contributed by atoms with van der Waals surface area (Å²) in [5.41, 5.74) is 8.08. The largest absolute Gasteiger partial charge is 0.366 e. The summed E-state index contributed by atoms with van der Waals surface area (Å²) in [6.45, 7) is 8.93. The first-order chi connectivity index (χ1) is 7.48. The number of rotatable bonds is 5. The van der Waals surface area contributed by atoms with E-state index in [0.717, 1.165) is 12.0 Å². The van der Waals surface area contributed by atoms with Crippen LogP contribution in [0.2, 0.25) is 0 Å². The van der Waals surface area contributed by atoms with Crippen LogP contribution in [0.5, 0.6) is 0 Å². The molecule has 1 unspecified atom stereocenters. The first kappa shape index (κ1) is 13.2. The van der Waals surface area contributed by atoms with Crippen LogP contribution < -0.4 is 5.73 Å². The van der Waals surface area contributed by atoms with Gasteiger partial charge in [-0.15, -0.1) is 0 Å². The van der Waals surface area contributed by atoms with Gasteiger partial charge >= 0.3 is 0 Å². The molecular formula is C14H23NO. The van der Waals surface area contributed by atoms with Crippen molar-refractivity contribution in [2.75, 3.05) is 6.54 Å². The van der Waals surface area contributed by atoms with Gasteiger partial charge in [0.25, 0.3) is 0 Å². The molecule has 0 amide bonds. The normalized spacial score (nSPS) is 13.8. The molecule has 90 valence electrons. The van der Waals surface area contributed by atoms with Crippen LogP contribution in [0.15, 0.2) is 24.3 Å². The summed E-state index contributed by atoms with van der Waals surface area (Å²) in [6, 6.07) is 8.39. The highest BCUT2D eigenvalue weighted by Crippen LogP contribution is 2.25. The van der Waals surface area contributed by atoms with Crippen molar-refractivity contribution in [2.24, 2.45) is 5.73 Å². The minimum atomic E-state index is -0.116. The van der Waals surface area contributed by atoms with Gasteiger partial charge in [-0.2, -0.15) is 0 Å². The lowest BCUT2D eigenvalue weighted by Crippen LogP contribution is -2.29. The SMILES string of the molecule is CCC(C)(C)OC(CN)c1ccc(C)cc1. The van der Waals surface area contributed by atoms with Crippen LogP contribution in [0.3, 0.4) is 0 Å². The van der Waals surface area contributed by atoms with E-state index in [0.29, 0.717) is 6.54 Å². The lowest BCUT2D eigenvalue weighted by atomic mass is 10.0. The van der Waals surface area contributed by atoms with E-state index < -0.39 is 0 Å². The van der Waals surface area contributed by atoms with Gasteiger partial charge in [-0.05, 0) is 32.8 Å².